The van der Waals surface area contributed by atoms with Gasteiger partial charge in [0, 0.05) is 32.0 Å². The van der Waals surface area contributed by atoms with Crippen LogP contribution in [0.15, 0.2) is 6.33 Å². The molecule has 2 saturated carbocycles. The summed E-state index contributed by atoms with van der Waals surface area (Å²) in [6.07, 6.45) is 12.9. The fourth-order valence-electron chi connectivity index (χ4n) is 5.50. The van der Waals surface area contributed by atoms with E-state index in [1.807, 2.05) is 6.33 Å². The van der Waals surface area contributed by atoms with E-state index in [1.54, 1.807) is 0 Å². The van der Waals surface area contributed by atoms with Gasteiger partial charge in [-0.15, -0.1) is 10.2 Å². The molecule has 2 heterocycles. The number of hydrogen-bond donors (Lipinski definition) is 0. The van der Waals surface area contributed by atoms with E-state index in [-0.39, 0.29) is 5.41 Å². The highest BCUT2D eigenvalue weighted by Crippen LogP contribution is 2.55. The van der Waals surface area contributed by atoms with Crippen LogP contribution in [-0.4, -0.2) is 38.7 Å². The van der Waals surface area contributed by atoms with Crippen LogP contribution in [0.2, 0.25) is 0 Å². The van der Waals surface area contributed by atoms with Gasteiger partial charge in [0.1, 0.15) is 12.2 Å². The summed E-state index contributed by atoms with van der Waals surface area (Å²) in [5, 5.41) is 8.72. The minimum Gasteiger partial charge on any atom is -0.341 e. The third-order valence-corrected chi connectivity index (χ3v) is 7.11. The van der Waals surface area contributed by atoms with Gasteiger partial charge >= 0.3 is 0 Å². The molecule has 26 heavy (non-hydrogen) atoms. The summed E-state index contributed by atoms with van der Waals surface area (Å²) in [5.74, 6) is 3.23. The Bertz CT molecular complexity index is 628. The first-order valence-electron chi connectivity index (χ1n) is 10.7. The highest BCUT2D eigenvalue weighted by Gasteiger charge is 2.53. The molecular formula is C21H34N4O. The summed E-state index contributed by atoms with van der Waals surface area (Å²) in [4.78, 5) is 15.1. The molecule has 1 saturated heterocycles. The van der Waals surface area contributed by atoms with Gasteiger partial charge in [-0.05, 0) is 36.5 Å². The largest absolute Gasteiger partial charge is 0.341 e. The van der Waals surface area contributed by atoms with Crippen LogP contribution >= 0.6 is 0 Å². The number of carbonyl (C=O) groups excluding carboxylic acids is 1. The Balaban J connectivity index is 1.44. The second-order valence-electron chi connectivity index (χ2n) is 9.47. The SMILES string of the molecule is CC(C)Cn1cnnc1C1CN(C(=O)CCC2CCCC2)CC12CCC2. The lowest BCUT2D eigenvalue weighted by molar-refractivity contribution is -0.131. The summed E-state index contributed by atoms with van der Waals surface area (Å²) in [5.41, 5.74) is 0.269. The number of aromatic nitrogens is 3. The number of carbonyl (C=O) groups is 1. The van der Waals surface area contributed by atoms with E-state index in [0.717, 1.165) is 44.2 Å². The minimum atomic E-state index is 0.269. The Kier molecular flexibility index (Phi) is 5.07. The van der Waals surface area contributed by atoms with Crippen molar-refractivity contribution in [1.82, 2.24) is 19.7 Å². The summed E-state index contributed by atoms with van der Waals surface area (Å²) < 4.78 is 2.24. The van der Waals surface area contributed by atoms with Crippen molar-refractivity contribution in [3.8, 4) is 0 Å². The van der Waals surface area contributed by atoms with E-state index in [2.05, 4.69) is 33.5 Å². The molecule has 0 N–H and O–H groups in total. The molecule has 1 aromatic heterocycles. The zero-order valence-corrected chi connectivity index (χ0v) is 16.5. The van der Waals surface area contributed by atoms with Crippen LogP contribution in [0, 0.1) is 17.3 Å². The molecule has 5 heteroatoms. The van der Waals surface area contributed by atoms with E-state index in [9.17, 15) is 4.79 Å². The molecule has 0 radical (unpaired) electrons. The average molecular weight is 359 g/mol. The average Bonchev–Trinajstić information content (AvgIpc) is 3.30. The lowest BCUT2D eigenvalue weighted by Crippen LogP contribution is -2.38. The quantitative estimate of drug-likeness (QED) is 0.772. The van der Waals surface area contributed by atoms with Gasteiger partial charge in [-0.2, -0.15) is 0 Å². The molecule has 0 bridgehead atoms. The Morgan fingerprint density at radius 2 is 2.04 bits per heavy atom. The second kappa shape index (κ2) is 7.32. The number of amides is 1. The molecule has 3 fully saturated rings. The first-order chi connectivity index (χ1) is 12.6. The molecule has 5 nitrogen and oxygen atoms in total. The monoisotopic (exact) mass is 358 g/mol. The Labute approximate surface area is 157 Å². The van der Waals surface area contributed by atoms with Crippen LogP contribution in [0.5, 0.6) is 0 Å². The fourth-order valence-corrected chi connectivity index (χ4v) is 5.50. The lowest BCUT2D eigenvalue weighted by atomic mass is 9.62. The van der Waals surface area contributed by atoms with E-state index >= 15 is 0 Å². The maximum absolute atomic E-state index is 12.9. The van der Waals surface area contributed by atoms with Crippen LogP contribution < -0.4 is 0 Å². The number of hydrogen-bond acceptors (Lipinski definition) is 3. The van der Waals surface area contributed by atoms with E-state index in [1.165, 1.54) is 44.9 Å². The molecule has 1 amide bonds. The van der Waals surface area contributed by atoms with E-state index < -0.39 is 0 Å². The van der Waals surface area contributed by atoms with Crippen molar-refractivity contribution in [2.24, 2.45) is 17.3 Å². The molecule has 1 atom stereocenters. The Morgan fingerprint density at radius 3 is 2.69 bits per heavy atom. The van der Waals surface area contributed by atoms with Crippen LogP contribution in [-0.2, 0) is 11.3 Å². The predicted octanol–water partition coefficient (Wildman–Crippen LogP) is 4.00. The molecule has 1 unspecified atom stereocenters. The van der Waals surface area contributed by atoms with Crippen LogP contribution in [0.4, 0.5) is 0 Å². The molecule has 3 aliphatic rings. The minimum absolute atomic E-state index is 0.269. The lowest BCUT2D eigenvalue weighted by Gasteiger charge is -2.42. The van der Waals surface area contributed by atoms with Gasteiger partial charge < -0.3 is 9.47 Å². The zero-order valence-electron chi connectivity index (χ0n) is 16.5. The van der Waals surface area contributed by atoms with Crippen molar-refractivity contribution in [2.45, 2.75) is 84.1 Å². The normalized spacial score (nSPS) is 25.3. The van der Waals surface area contributed by atoms with Crippen molar-refractivity contribution in [1.29, 1.82) is 0 Å². The first kappa shape index (κ1) is 18.0. The number of nitrogens with zero attached hydrogens (tertiary/aromatic N) is 4. The van der Waals surface area contributed by atoms with Crippen molar-refractivity contribution in [3.05, 3.63) is 12.2 Å². The zero-order chi connectivity index (χ0) is 18.1. The van der Waals surface area contributed by atoms with Crippen molar-refractivity contribution < 1.29 is 4.79 Å². The number of rotatable bonds is 6. The van der Waals surface area contributed by atoms with Gasteiger partial charge in [0.2, 0.25) is 5.91 Å². The third kappa shape index (κ3) is 3.41. The topological polar surface area (TPSA) is 51.0 Å². The summed E-state index contributed by atoms with van der Waals surface area (Å²) in [6, 6.07) is 0. The first-order valence-corrected chi connectivity index (χ1v) is 10.7. The third-order valence-electron chi connectivity index (χ3n) is 7.11. The van der Waals surface area contributed by atoms with Gasteiger partial charge in [-0.3, -0.25) is 4.79 Å². The number of likely N-dealkylation sites (tertiary alicyclic amines) is 1. The second-order valence-corrected chi connectivity index (χ2v) is 9.47. The molecular weight excluding hydrogens is 324 g/mol. The van der Waals surface area contributed by atoms with Crippen molar-refractivity contribution in [2.75, 3.05) is 13.1 Å². The standard InChI is InChI=1S/C21H34N4O/c1-16(2)12-25-15-22-23-20(25)18-13-24(14-21(18)10-5-11-21)19(26)9-8-17-6-3-4-7-17/h15-18H,3-14H2,1-2H3. The molecule has 4 rings (SSSR count). The smallest absolute Gasteiger partial charge is 0.222 e. The highest BCUT2D eigenvalue weighted by atomic mass is 16.2. The summed E-state index contributed by atoms with van der Waals surface area (Å²) in [6.45, 7) is 7.22. The fraction of sp³-hybridized carbons (Fsp3) is 0.857. The van der Waals surface area contributed by atoms with Gasteiger partial charge in [-0.1, -0.05) is 46.0 Å². The summed E-state index contributed by atoms with van der Waals surface area (Å²) >= 11 is 0. The molecule has 1 spiro atoms. The van der Waals surface area contributed by atoms with Crippen molar-refractivity contribution >= 4 is 5.91 Å². The molecule has 1 aliphatic heterocycles. The Hall–Kier alpha value is -1.39. The summed E-state index contributed by atoms with van der Waals surface area (Å²) in [7, 11) is 0. The molecule has 0 aromatic carbocycles. The van der Waals surface area contributed by atoms with E-state index in [0.29, 0.717) is 17.7 Å². The highest BCUT2D eigenvalue weighted by molar-refractivity contribution is 5.76. The maximum atomic E-state index is 12.9. The van der Waals surface area contributed by atoms with Gasteiger partial charge in [0.05, 0.1) is 0 Å². The molecule has 2 aliphatic carbocycles. The Morgan fingerprint density at radius 1 is 1.27 bits per heavy atom. The van der Waals surface area contributed by atoms with Crippen molar-refractivity contribution in [3.63, 3.8) is 0 Å². The maximum Gasteiger partial charge on any atom is 0.222 e. The van der Waals surface area contributed by atoms with Crippen LogP contribution in [0.25, 0.3) is 0 Å². The van der Waals surface area contributed by atoms with Gasteiger partial charge in [0.15, 0.2) is 0 Å². The van der Waals surface area contributed by atoms with Crippen LogP contribution in [0.3, 0.4) is 0 Å². The van der Waals surface area contributed by atoms with Crippen LogP contribution in [0.1, 0.15) is 83.4 Å². The molecule has 1 aromatic rings. The van der Waals surface area contributed by atoms with Gasteiger partial charge in [-0.25, -0.2) is 0 Å². The van der Waals surface area contributed by atoms with Gasteiger partial charge in [0.25, 0.3) is 0 Å². The predicted molar refractivity (Wildman–Crippen MR) is 102 cm³/mol. The molecule has 144 valence electrons. The van der Waals surface area contributed by atoms with E-state index in [4.69, 9.17) is 0 Å².